The Balaban J connectivity index is 1.57. The second-order valence-corrected chi connectivity index (χ2v) is 6.09. The van der Waals surface area contributed by atoms with Gasteiger partial charge in [0.15, 0.2) is 5.69 Å². The molecule has 3 aromatic rings. The van der Waals surface area contributed by atoms with Crippen LogP contribution in [0, 0.1) is 6.92 Å². The van der Waals surface area contributed by atoms with E-state index in [1.165, 1.54) is 17.6 Å². The molecule has 2 heterocycles. The Morgan fingerprint density at radius 3 is 2.67 bits per heavy atom. The molecular weight excluding hydrogens is 326 g/mol. The van der Waals surface area contributed by atoms with Gasteiger partial charge in [0.1, 0.15) is 6.26 Å². The van der Waals surface area contributed by atoms with Gasteiger partial charge in [0.2, 0.25) is 0 Å². The molecule has 6 nitrogen and oxygen atoms in total. The summed E-state index contributed by atoms with van der Waals surface area (Å²) in [6.45, 7) is 2.40. The van der Waals surface area contributed by atoms with Crippen molar-refractivity contribution in [1.82, 2.24) is 10.3 Å². The highest BCUT2D eigenvalue weighted by molar-refractivity contribution is 7.12. The van der Waals surface area contributed by atoms with E-state index < -0.39 is 0 Å². The van der Waals surface area contributed by atoms with Gasteiger partial charge < -0.3 is 9.73 Å². The highest BCUT2D eigenvalue weighted by atomic mass is 32.1. The number of aromatic nitrogens is 1. The van der Waals surface area contributed by atoms with E-state index in [-0.39, 0.29) is 23.5 Å². The lowest BCUT2D eigenvalue weighted by molar-refractivity contribution is 0.0944. The van der Waals surface area contributed by atoms with Crippen molar-refractivity contribution in [3.05, 3.63) is 69.7 Å². The minimum absolute atomic E-state index is 0.00566. The van der Waals surface area contributed by atoms with Gasteiger partial charge in [0.25, 0.3) is 11.8 Å². The zero-order valence-electron chi connectivity index (χ0n) is 12.9. The zero-order chi connectivity index (χ0) is 16.9. The molecule has 0 bridgehead atoms. The number of hydrogen-bond donors (Lipinski definition) is 2. The number of amides is 2. The van der Waals surface area contributed by atoms with E-state index in [4.69, 9.17) is 4.42 Å². The summed E-state index contributed by atoms with van der Waals surface area (Å²) in [6, 6.07) is 11.3. The van der Waals surface area contributed by atoms with Gasteiger partial charge in [0.05, 0.1) is 4.88 Å². The fraction of sp³-hybridized carbons (Fsp3) is 0.118. The molecule has 122 valence electrons. The summed E-state index contributed by atoms with van der Waals surface area (Å²) in [6.07, 6.45) is 1.22. The van der Waals surface area contributed by atoms with E-state index in [1.807, 2.05) is 31.2 Å². The normalized spacial score (nSPS) is 10.4. The molecule has 2 aromatic heterocycles. The van der Waals surface area contributed by atoms with Crippen molar-refractivity contribution >= 4 is 29.2 Å². The lowest BCUT2D eigenvalue weighted by Gasteiger charge is -2.03. The van der Waals surface area contributed by atoms with Gasteiger partial charge in [-0.3, -0.25) is 14.9 Å². The summed E-state index contributed by atoms with van der Waals surface area (Å²) >= 11 is 1.31. The average molecular weight is 341 g/mol. The van der Waals surface area contributed by atoms with Crippen LogP contribution in [-0.4, -0.2) is 16.8 Å². The number of thiophene rings is 1. The average Bonchev–Trinajstić information content (AvgIpc) is 3.26. The van der Waals surface area contributed by atoms with Crippen molar-refractivity contribution in [3.63, 3.8) is 0 Å². The second kappa shape index (κ2) is 7.10. The lowest BCUT2D eigenvalue weighted by atomic mass is 10.1. The van der Waals surface area contributed by atoms with Crippen molar-refractivity contribution in [2.75, 3.05) is 5.32 Å². The number of carbonyl (C=O) groups is 2. The lowest BCUT2D eigenvalue weighted by Crippen LogP contribution is -2.23. The van der Waals surface area contributed by atoms with E-state index in [9.17, 15) is 9.59 Å². The van der Waals surface area contributed by atoms with Crippen molar-refractivity contribution in [2.45, 2.75) is 13.5 Å². The molecular formula is C17H15N3O3S. The molecule has 0 fully saturated rings. The molecule has 0 saturated heterocycles. The first kappa shape index (κ1) is 15.9. The first-order chi connectivity index (χ1) is 11.6. The molecule has 0 aliphatic carbocycles. The maximum atomic E-state index is 12.1. The van der Waals surface area contributed by atoms with Crippen LogP contribution in [0.5, 0.6) is 0 Å². The van der Waals surface area contributed by atoms with Gasteiger partial charge in [-0.05, 0) is 23.9 Å². The Morgan fingerprint density at radius 2 is 1.96 bits per heavy atom. The largest absolute Gasteiger partial charge is 0.431 e. The molecule has 2 N–H and O–H groups in total. The topological polar surface area (TPSA) is 84.2 Å². The molecule has 0 aliphatic rings. The predicted molar refractivity (Wildman–Crippen MR) is 91.1 cm³/mol. The van der Waals surface area contributed by atoms with Crippen LogP contribution >= 0.6 is 11.3 Å². The third-order valence-corrected chi connectivity index (χ3v) is 4.14. The van der Waals surface area contributed by atoms with E-state index in [0.29, 0.717) is 11.4 Å². The summed E-state index contributed by atoms with van der Waals surface area (Å²) in [5.41, 5.74) is 2.26. The molecule has 0 unspecified atom stereocenters. The number of aryl methyl sites for hydroxylation is 1. The first-order valence-electron chi connectivity index (χ1n) is 7.26. The van der Waals surface area contributed by atoms with Crippen LogP contribution in [0.2, 0.25) is 0 Å². The number of benzene rings is 1. The monoisotopic (exact) mass is 341 g/mol. The van der Waals surface area contributed by atoms with Gasteiger partial charge in [0, 0.05) is 6.54 Å². The predicted octanol–water partition coefficient (Wildman–Crippen LogP) is 3.23. The number of oxazole rings is 1. The number of anilines is 1. The van der Waals surface area contributed by atoms with Crippen molar-refractivity contribution in [2.24, 2.45) is 0 Å². The quantitative estimate of drug-likeness (QED) is 0.746. The molecule has 7 heteroatoms. The Bertz CT molecular complexity index is 838. The van der Waals surface area contributed by atoms with Gasteiger partial charge in [-0.2, -0.15) is 4.98 Å². The van der Waals surface area contributed by atoms with Gasteiger partial charge in [-0.25, -0.2) is 0 Å². The van der Waals surface area contributed by atoms with Crippen LogP contribution < -0.4 is 10.6 Å². The molecule has 3 rings (SSSR count). The van der Waals surface area contributed by atoms with Crippen LogP contribution in [0.1, 0.15) is 31.3 Å². The van der Waals surface area contributed by atoms with Crippen molar-refractivity contribution in [1.29, 1.82) is 0 Å². The number of hydrogen-bond acceptors (Lipinski definition) is 5. The molecule has 2 amide bonds. The number of nitrogens with zero attached hydrogens (tertiary/aromatic N) is 1. The van der Waals surface area contributed by atoms with Crippen LogP contribution in [0.3, 0.4) is 0 Å². The minimum atomic E-state index is -0.365. The molecule has 0 saturated carbocycles. The summed E-state index contributed by atoms with van der Waals surface area (Å²) < 4.78 is 5.12. The number of rotatable bonds is 5. The standard InChI is InChI=1S/C17H15N3O3S/c1-11-4-6-12(7-5-11)9-18-15(21)13-10-23-17(19-13)20-16(22)14-3-2-8-24-14/h2-8,10H,9H2,1H3,(H,18,21)(H,19,20,22). The molecule has 0 spiro atoms. The van der Waals surface area contributed by atoms with Crippen LogP contribution in [0.25, 0.3) is 0 Å². The maximum Gasteiger partial charge on any atom is 0.302 e. The Labute approximate surface area is 142 Å². The van der Waals surface area contributed by atoms with E-state index in [0.717, 1.165) is 11.1 Å². The fourth-order valence-electron chi connectivity index (χ4n) is 1.98. The van der Waals surface area contributed by atoms with Crippen molar-refractivity contribution in [3.8, 4) is 0 Å². The summed E-state index contributed by atoms with van der Waals surface area (Å²) in [5.74, 6) is -0.686. The fourth-order valence-corrected chi connectivity index (χ4v) is 2.60. The third kappa shape index (κ3) is 3.88. The van der Waals surface area contributed by atoms with Crippen LogP contribution in [0.4, 0.5) is 6.01 Å². The number of nitrogens with one attached hydrogen (secondary N) is 2. The second-order valence-electron chi connectivity index (χ2n) is 5.14. The van der Waals surface area contributed by atoms with Crippen LogP contribution in [-0.2, 0) is 6.54 Å². The van der Waals surface area contributed by atoms with E-state index >= 15 is 0 Å². The van der Waals surface area contributed by atoms with Crippen molar-refractivity contribution < 1.29 is 14.0 Å². The Morgan fingerprint density at radius 1 is 1.17 bits per heavy atom. The smallest absolute Gasteiger partial charge is 0.302 e. The van der Waals surface area contributed by atoms with E-state index in [2.05, 4.69) is 15.6 Å². The molecule has 24 heavy (non-hydrogen) atoms. The van der Waals surface area contributed by atoms with Crippen LogP contribution in [0.15, 0.2) is 52.5 Å². The van der Waals surface area contributed by atoms with E-state index in [1.54, 1.807) is 17.5 Å². The molecule has 0 radical (unpaired) electrons. The zero-order valence-corrected chi connectivity index (χ0v) is 13.7. The molecule has 0 aliphatic heterocycles. The van der Waals surface area contributed by atoms with Gasteiger partial charge >= 0.3 is 6.01 Å². The minimum Gasteiger partial charge on any atom is -0.431 e. The Hall–Kier alpha value is -2.93. The number of carbonyl (C=O) groups excluding carboxylic acids is 2. The summed E-state index contributed by atoms with van der Waals surface area (Å²) in [4.78, 5) is 28.5. The molecule has 1 aromatic carbocycles. The first-order valence-corrected chi connectivity index (χ1v) is 8.14. The highest BCUT2D eigenvalue weighted by Crippen LogP contribution is 2.13. The summed E-state index contributed by atoms with van der Waals surface area (Å²) in [5, 5.41) is 7.07. The third-order valence-electron chi connectivity index (χ3n) is 3.28. The van der Waals surface area contributed by atoms with Gasteiger partial charge in [-0.15, -0.1) is 11.3 Å². The molecule has 0 atom stereocenters. The van der Waals surface area contributed by atoms with Gasteiger partial charge in [-0.1, -0.05) is 35.9 Å². The highest BCUT2D eigenvalue weighted by Gasteiger charge is 2.15. The SMILES string of the molecule is Cc1ccc(CNC(=O)c2coc(NC(=O)c3cccs3)n2)cc1. The Kier molecular flexibility index (Phi) is 4.72. The maximum absolute atomic E-state index is 12.1. The summed E-state index contributed by atoms with van der Waals surface area (Å²) in [7, 11) is 0.